The lowest BCUT2D eigenvalue weighted by atomic mass is 10.2. The van der Waals surface area contributed by atoms with Crippen molar-refractivity contribution in [2.24, 2.45) is 0 Å². The lowest BCUT2D eigenvalue weighted by molar-refractivity contribution is 0.0769. The monoisotopic (exact) mass is 339 g/mol. The molecule has 0 aliphatic heterocycles. The second-order valence-corrected chi connectivity index (χ2v) is 5.75. The molecule has 0 saturated carbocycles. The first kappa shape index (κ1) is 16.9. The third-order valence-corrected chi connectivity index (χ3v) is 4.08. The van der Waals surface area contributed by atoms with Crippen LogP contribution in [0.5, 0.6) is 0 Å². The van der Waals surface area contributed by atoms with E-state index in [2.05, 4.69) is 33.4 Å². The molecule has 3 heterocycles. The first-order chi connectivity index (χ1) is 12.2. The predicted octanol–water partition coefficient (Wildman–Crippen LogP) is 2.32. The van der Waals surface area contributed by atoms with E-state index >= 15 is 0 Å². The first-order valence-electron chi connectivity index (χ1n) is 8.22. The van der Waals surface area contributed by atoms with Gasteiger partial charge < -0.3 is 10.1 Å². The highest BCUT2D eigenvalue weighted by atomic mass is 16.5. The third-order valence-electron chi connectivity index (χ3n) is 4.08. The minimum atomic E-state index is 0.138. The van der Waals surface area contributed by atoms with Crippen LogP contribution in [0.25, 0.3) is 16.9 Å². The summed E-state index contributed by atoms with van der Waals surface area (Å²) in [7, 11) is 3.50. The van der Waals surface area contributed by atoms with E-state index in [9.17, 15) is 0 Å². The summed E-state index contributed by atoms with van der Waals surface area (Å²) < 4.78 is 9.13. The smallest absolute Gasteiger partial charge is 0.208 e. The number of hydrogen-bond donors (Lipinski definition) is 1. The molecule has 8 nitrogen and oxygen atoms in total. The number of nitriles is 1. The molecule has 25 heavy (non-hydrogen) atoms. The molecule has 3 aromatic heterocycles. The van der Waals surface area contributed by atoms with Gasteiger partial charge in [0, 0.05) is 26.6 Å². The number of anilines is 1. The lowest BCUT2D eigenvalue weighted by Gasteiger charge is -2.14. The third kappa shape index (κ3) is 3.32. The first-order valence-corrected chi connectivity index (χ1v) is 8.22. The van der Waals surface area contributed by atoms with E-state index in [1.54, 1.807) is 31.0 Å². The molecule has 0 saturated heterocycles. The summed E-state index contributed by atoms with van der Waals surface area (Å²) in [4.78, 5) is 8.77. The molecule has 130 valence electrons. The van der Waals surface area contributed by atoms with Gasteiger partial charge in [0.25, 0.3) is 0 Å². The van der Waals surface area contributed by atoms with Crippen molar-refractivity contribution in [2.75, 3.05) is 19.5 Å². The molecule has 0 aliphatic rings. The van der Waals surface area contributed by atoms with Crippen LogP contribution in [0.3, 0.4) is 0 Å². The Labute approximate surface area is 146 Å². The summed E-state index contributed by atoms with van der Waals surface area (Å²) >= 11 is 0. The maximum Gasteiger partial charge on any atom is 0.208 e. The number of fused-ring (bicyclic) bond motifs is 1. The van der Waals surface area contributed by atoms with Crippen molar-refractivity contribution in [3.05, 3.63) is 30.4 Å². The van der Waals surface area contributed by atoms with Crippen molar-refractivity contribution < 1.29 is 4.74 Å². The Morgan fingerprint density at radius 1 is 1.44 bits per heavy atom. The van der Waals surface area contributed by atoms with Crippen molar-refractivity contribution in [3.8, 4) is 17.3 Å². The Balaban J connectivity index is 1.97. The minimum Gasteiger partial charge on any atom is -0.380 e. The molecule has 0 aromatic carbocycles. The second-order valence-electron chi connectivity index (χ2n) is 5.75. The molecule has 0 radical (unpaired) electrons. The van der Waals surface area contributed by atoms with Crippen LogP contribution < -0.4 is 5.32 Å². The van der Waals surface area contributed by atoms with Crippen LogP contribution in [0.1, 0.15) is 25.5 Å². The molecule has 0 bridgehead atoms. The average Bonchev–Trinajstić information content (AvgIpc) is 3.27. The number of nitrogens with zero attached hydrogens (tertiary/aromatic N) is 6. The number of rotatable bonds is 7. The highest BCUT2D eigenvalue weighted by molar-refractivity contribution is 5.76. The van der Waals surface area contributed by atoms with Crippen LogP contribution >= 0.6 is 0 Å². The summed E-state index contributed by atoms with van der Waals surface area (Å²) in [6.07, 6.45) is 7.50. The van der Waals surface area contributed by atoms with Gasteiger partial charge in [0.15, 0.2) is 11.3 Å². The zero-order valence-electron chi connectivity index (χ0n) is 14.6. The van der Waals surface area contributed by atoms with Crippen molar-refractivity contribution >= 4 is 11.6 Å². The molecule has 0 fully saturated rings. The fraction of sp³-hybridized carbons (Fsp3) is 0.412. The number of ether oxygens (including phenoxy) is 1. The van der Waals surface area contributed by atoms with Gasteiger partial charge in [0.1, 0.15) is 6.07 Å². The van der Waals surface area contributed by atoms with Crippen molar-refractivity contribution in [2.45, 2.75) is 32.4 Å². The molecule has 0 aliphatic carbocycles. The highest BCUT2D eigenvalue weighted by Gasteiger charge is 2.15. The van der Waals surface area contributed by atoms with Crippen molar-refractivity contribution in [3.63, 3.8) is 0 Å². The zero-order valence-corrected chi connectivity index (χ0v) is 14.6. The Morgan fingerprint density at radius 2 is 2.28 bits per heavy atom. The van der Waals surface area contributed by atoms with Crippen LogP contribution in [0.4, 0.5) is 5.95 Å². The zero-order chi connectivity index (χ0) is 17.8. The number of aromatic nitrogens is 5. The standard InChI is InChI=1S/C17H21N7O/c1-4-5-13(25-3)11-23-7-6-15(22-23)14-9-20-17(19-2)24-10-12(8-18)21-16(14)24/h6-7,9-10,13H,4-5,11H2,1-3H3,(H,19,20). The lowest BCUT2D eigenvalue weighted by Crippen LogP contribution is -2.18. The topological polar surface area (TPSA) is 93.1 Å². The average molecular weight is 339 g/mol. The van der Waals surface area contributed by atoms with Gasteiger partial charge in [-0.15, -0.1) is 0 Å². The fourth-order valence-electron chi connectivity index (χ4n) is 2.82. The van der Waals surface area contributed by atoms with Gasteiger partial charge in [-0.3, -0.25) is 9.08 Å². The van der Waals surface area contributed by atoms with Crippen molar-refractivity contribution in [1.29, 1.82) is 5.26 Å². The van der Waals surface area contributed by atoms with E-state index < -0.39 is 0 Å². The van der Waals surface area contributed by atoms with E-state index in [0.29, 0.717) is 23.8 Å². The molecule has 3 rings (SSSR count). The number of nitrogens with one attached hydrogen (secondary N) is 1. The van der Waals surface area contributed by atoms with Gasteiger partial charge >= 0.3 is 0 Å². The van der Waals surface area contributed by atoms with Gasteiger partial charge in [-0.1, -0.05) is 13.3 Å². The maximum absolute atomic E-state index is 9.14. The summed E-state index contributed by atoms with van der Waals surface area (Å²) in [6.45, 7) is 2.83. The van der Waals surface area contributed by atoms with E-state index in [1.807, 2.05) is 16.9 Å². The van der Waals surface area contributed by atoms with Gasteiger partial charge in [-0.05, 0) is 12.5 Å². The van der Waals surface area contributed by atoms with Gasteiger partial charge in [-0.2, -0.15) is 10.4 Å². The van der Waals surface area contributed by atoms with Crippen molar-refractivity contribution in [1.82, 2.24) is 24.1 Å². The molecule has 1 atom stereocenters. The van der Waals surface area contributed by atoms with E-state index in [0.717, 1.165) is 24.1 Å². The SMILES string of the molecule is CCCC(Cn1ccc(-c2cnc(NC)n3cc(C#N)nc23)n1)OC. The summed E-state index contributed by atoms with van der Waals surface area (Å²) in [6, 6.07) is 4.00. The van der Waals surface area contributed by atoms with Crippen LogP contribution in [0, 0.1) is 11.3 Å². The minimum absolute atomic E-state index is 0.138. The van der Waals surface area contributed by atoms with Gasteiger partial charge in [-0.25, -0.2) is 9.97 Å². The van der Waals surface area contributed by atoms with Crippen LogP contribution in [0.2, 0.25) is 0 Å². The molecule has 1 N–H and O–H groups in total. The quantitative estimate of drug-likeness (QED) is 0.710. The number of imidazole rings is 1. The highest BCUT2D eigenvalue weighted by Crippen LogP contribution is 2.24. The molecule has 1 unspecified atom stereocenters. The largest absolute Gasteiger partial charge is 0.380 e. The van der Waals surface area contributed by atoms with Crippen LogP contribution in [-0.2, 0) is 11.3 Å². The Kier molecular flexibility index (Phi) is 4.95. The van der Waals surface area contributed by atoms with E-state index in [-0.39, 0.29) is 6.10 Å². The van der Waals surface area contributed by atoms with Crippen LogP contribution in [-0.4, -0.2) is 44.4 Å². The summed E-state index contributed by atoms with van der Waals surface area (Å²) in [5.41, 5.74) is 2.54. The predicted molar refractivity (Wildman–Crippen MR) is 94.2 cm³/mol. The number of hydrogen-bond acceptors (Lipinski definition) is 6. The van der Waals surface area contributed by atoms with Gasteiger partial charge in [0.05, 0.1) is 30.1 Å². The maximum atomic E-state index is 9.14. The Hall–Kier alpha value is -2.92. The van der Waals surface area contributed by atoms with Gasteiger partial charge in [0.2, 0.25) is 5.95 Å². The molecular weight excluding hydrogens is 318 g/mol. The van der Waals surface area contributed by atoms with Crippen LogP contribution in [0.15, 0.2) is 24.7 Å². The molecular formula is C17H21N7O. The fourth-order valence-corrected chi connectivity index (χ4v) is 2.82. The Morgan fingerprint density at radius 3 is 2.96 bits per heavy atom. The molecule has 8 heteroatoms. The summed E-state index contributed by atoms with van der Waals surface area (Å²) in [5, 5.41) is 16.8. The molecule has 3 aromatic rings. The normalized spacial score (nSPS) is 12.2. The molecule has 0 spiro atoms. The Bertz CT molecular complexity index is 905. The summed E-state index contributed by atoms with van der Waals surface area (Å²) in [5.74, 6) is 0.620. The van der Waals surface area contributed by atoms with E-state index in [1.165, 1.54) is 0 Å². The van der Waals surface area contributed by atoms with E-state index in [4.69, 9.17) is 10.00 Å². The second kappa shape index (κ2) is 7.32. The number of methoxy groups -OCH3 is 1. The molecule has 0 amide bonds.